The molecule has 1 aliphatic heterocycles. The van der Waals surface area contributed by atoms with Gasteiger partial charge in [0.1, 0.15) is 0 Å². The zero-order valence-corrected chi connectivity index (χ0v) is 12.1. The molecule has 0 saturated carbocycles. The number of hydrogen-bond acceptors (Lipinski definition) is 2. The van der Waals surface area contributed by atoms with E-state index in [1.165, 1.54) is 30.0 Å². The number of likely N-dealkylation sites (tertiary alicyclic amines) is 1. The standard InChI is InChI=1S/C18H23NO/c1-14(19-11-5-2-6-12-19)18(20)17-10-9-15-7-3-4-8-16(15)13-17/h3-4,7-10,13-14,18,20H,2,5-6,11-12H2,1H3/t14-,18+/m0/s1. The Hall–Kier alpha value is -1.38. The van der Waals surface area contributed by atoms with Crippen molar-refractivity contribution in [2.24, 2.45) is 0 Å². The highest BCUT2D eigenvalue weighted by Crippen LogP contribution is 2.26. The summed E-state index contributed by atoms with van der Waals surface area (Å²) in [6.07, 6.45) is 3.44. The average Bonchev–Trinajstić information content (AvgIpc) is 2.54. The SMILES string of the molecule is C[C@@H]([C@@H](O)c1ccc2ccccc2c1)N1CCCCC1. The minimum Gasteiger partial charge on any atom is -0.387 e. The van der Waals surface area contributed by atoms with Gasteiger partial charge in [-0.1, -0.05) is 42.8 Å². The van der Waals surface area contributed by atoms with Gasteiger partial charge in [0.25, 0.3) is 0 Å². The predicted octanol–water partition coefficient (Wildman–Crippen LogP) is 3.75. The number of benzene rings is 2. The van der Waals surface area contributed by atoms with Crippen molar-refractivity contribution in [1.82, 2.24) is 4.90 Å². The van der Waals surface area contributed by atoms with Gasteiger partial charge >= 0.3 is 0 Å². The van der Waals surface area contributed by atoms with Gasteiger partial charge in [-0.05, 0) is 55.3 Å². The Kier molecular flexibility index (Phi) is 4.04. The van der Waals surface area contributed by atoms with Crippen molar-refractivity contribution < 1.29 is 5.11 Å². The summed E-state index contributed by atoms with van der Waals surface area (Å²) in [6, 6.07) is 14.8. The third-order valence-electron chi connectivity index (χ3n) is 4.54. The second-order valence-corrected chi connectivity index (χ2v) is 5.89. The van der Waals surface area contributed by atoms with Crippen molar-refractivity contribution in [2.45, 2.75) is 38.3 Å². The Morgan fingerprint density at radius 3 is 2.40 bits per heavy atom. The molecule has 0 aromatic heterocycles. The fourth-order valence-electron chi connectivity index (χ4n) is 3.20. The van der Waals surface area contributed by atoms with Crippen LogP contribution in [0, 0.1) is 0 Å². The van der Waals surface area contributed by atoms with Crippen LogP contribution in [0.25, 0.3) is 10.8 Å². The summed E-state index contributed by atoms with van der Waals surface area (Å²) in [7, 11) is 0. The molecule has 0 aliphatic carbocycles. The van der Waals surface area contributed by atoms with Crippen LogP contribution in [0.15, 0.2) is 42.5 Å². The molecule has 1 saturated heterocycles. The first-order valence-corrected chi connectivity index (χ1v) is 7.66. The molecular weight excluding hydrogens is 246 g/mol. The van der Waals surface area contributed by atoms with Gasteiger partial charge in [-0.25, -0.2) is 0 Å². The van der Waals surface area contributed by atoms with E-state index >= 15 is 0 Å². The summed E-state index contributed by atoms with van der Waals surface area (Å²) in [6.45, 7) is 4.38. The van der Waals surface area contributed by atoms with Crippen LogP contribution in [-0.4, -0.2) is 29.1 Å². The highest BCUT2D eigenvalue weighted by Gasteiger charge is 2.24. The fourth-order valence-corrected chi connectivity index (χ4v) is 3.20. The maximum atomic E-state index is 10.7. The smallest absolute Gasteiger partial charge is 0.0942 e. The first-order chi connectivity index (χ1) is 9.75. The van der Waals surface area contributed by atoms with Crippen molar-refractivity contribution in [2.75, 3.05) is 13.1 Å². The summed E-state index contributed by atoms with van der Waals surface area (Å²) in [5.41, 5.74) is 1.03. The normalized spacial score (nSPS) is 19.9. The summed E-state index contributed by atoms with van der Waals surface area (Å²) < 4.78 is 0. The number of nitrogens with zero attached hydrogens (tertiary/aromatic N) is 1. The van der Waals surface area contributed by atoms with Crippen LogP contribution in [0.1, 0.15) is 37.9 Å². The number of hydrogen-bond donors (Lipinski definition) is 1. The molecule has 1 N–H and O–H groups in total. The van der Waals surface area contributed by atoms with Crippen LogP contribution in [0.5, 0.6) is 0 Å². The largest absolute Gasteiger partial charge is 0.387 e. The number of rotatable bonds is 3. The van der Waals surface area contributed by atoms with E-state index in [9.17, 15) is 5.11 Å². The van der Waals surface area contributed by atoms with Crippen LogP contribution in [-0.2, 0) is 0 Å². The lowest BCUT2D eigenvalue weighted by atomic mass is 9.97. The monoisotopic (exact) mass is 269 g/mol. The topological polar surface area (TPSA) is 23.5 Å². The first kappa shape index (κ1) is 13.6. The Balaban J connectivity index is 1.81. The molecule has 1 aliphatic rings. The molecule has 2 aromatic rings. The molecule has 0 radical (unpaired) electrons. The summed E-state index contributed by atoms with van der Waals surface area (Å²) in [5, 5.41) is 13.1. The van der Waals surface area contributed by atoms with Gasteiger partial charge in [-0.3, -0.25) is 4.90 Å². The Bertz CT molecular complexity index is 574. The van der Waals surface area contributed by atoms with Crippen molar-refractivity contribution in [3.8, 4) is 0 Å². The van der Waals surface area contributed by atoms with E-state index in [1.54, 1.807) is 0 Å². The molecule has 1 fully saturated rings. The Labute approximate surface area is 121 Å². The summed E-state index contributed by atoms with van der Waals surface area (Å²) >= 11 is 0. The van der Waals surface area contributed by atoms with Crippen LogP contribution >= 0.6 is 0 Å². The van der Waals surface area contributed by atoms with Gasteiger partial charge in [0, 0.05) is 6.04 Å². The molecule has 0 unspecified atom stereocenters. The lowest BCUT2D eigenvalue weighted by molar-refractivity contribution is 0.0472. The minimum absolute atomic E-state index is 0.191. The first-order valence-electron chi connectivity index (χ1n) is 7.66. The van der Waals surface area contributed by atoms with E-state index in [-0.39, 0.29) is 6.04 Å². The van der Waals surface area contributed by atoms with Crippen LogP contribution in [0.4, 0.5) is 0 Å². The zero-order valence-electron chi connectivity index (χ0n) is 12.1. The number of piperidine rings is 1. The number of aliphatic hydroxyl groups excluding tert-OH is 1. The van der Waals surface area contributed by atoms with Crippen LogP contribution in [0.3, 0.4) is 0 Å². The van der Waals surface area contributed by atoms with Crippen LogP contribution < -0.4 is 0 Å². The molecule has 2 aromatic carbocycles. The van der Waals surface area contributed by atoms with E-state index in [1.807, 2.05) is 6.07 Å². The zero-order chi connectivity index (χ0) is 13.9. The molecule has 0 spiro atoms. The van der Waals surface area contributed by atoms with E-state index < -0.39 is 6.10 Å². The van der Waals surface area contributed by atoms with Gasteiger partial charge in [0.05, 0.1) is 6.10 Å². The van der Waals surface area contributed by atoms with Gasteiger partial charge in [0.15, 0.2) is 0 Å². The maximum Gasteiger partial charge on any atom is 0.0942 e. The second-order valence-electron chi connectivity index (χ2n) is 5.89. The molecule has 106 valence electrons. The van der Waals surface area contributed by atoms with E-state index in [0.29, 0.717) is 0 Å². The predicted molar refractivity (Wildman–Crippen MR) is 83.8 cm³/mol. The third kappa shape index (κ3) is 2.72. The van der Waals surface area contributed by atoms with E-state index in [2.05, 4.69) is 48.2 Å². The molecule has 2 heteroatoms. The fraction of sp³-hybridized carbons (Fsp3) is 0.444. The van der Waals surface area contributed by atoms with Crippen molar-refractivity contribution >= 4 is 10.8 Å². The molecule has 2 atom stereocenters. The summed E-state index contributed by atoms with van der Waals surface area (Å²) in [5.74, 6) is 0. The molecule has 2 nitrogen and oxygen atoms in total. The average molecular weight is 269 g/mol. The van der Waals surface area contributed by atoms with Crippen molar-refractivity contribution in [3.63, 3.8) is 0 Å². The lowest BCUT2D eigenvalue weighted by Gasteiger charge is -2.35. The molecule has 20 heavy (non-hydrogen) atoms. The maximum absolute atomic E-state index is 10.7. The van der Waals surface area contributed by atoms with Crippen molar-refractivity contribution in [3.05, 3.63) is 48.0 Å². The molecule has 0 amide bonds. The van der Waals surface area contributed by atoms with E-state index in [4.69, 9.17) is 0 Å². The Morgan fingerprint density at radius 1 is 0.950 bits per heavy atom. The Morgan fingerprint density at radius 2 is 1.65 bits per heavy atom. The van der Waals surface area contributed by atoms with Gasteiger partial charge < -0.3 is 5.11 Å². The minimum atomic E-state index is -0.405. The van der Waals surface area contributed by atoms with E-state index in [0.717, 1.165) is 18.7 Å². The highest BCUT2D eigenvalue weighted by atomic mass is 16.3. The number of aliphatic hydroxyl groups is 1. The lowest BCUT2D eigenvalue weighted by Crippen LogP contribution is -2.40. The molecule has 1 heterocycles. The number of fused-ring (bicyclic) bond motifs is 1. The summed E-state index contributed by atoms with van der Waals surface area (Å²) in [4.78, 5) is 2.42. The molecule has 0 bridgehead atoms. The van der Waals surface area contributed by atoms with Gasteiger partial charge in [-0.2, -0.15) is 0 Å². The quantitative estimate of drug-likeness (QED) is 0.917. The highest BCUT2D eigenvalue weighted by molar-refractivity contribution is 5.83. The second kappa shape index (κ2) is 5.94. The van der Waals surface area contributed by atoms with Gasteiger partial charge in [0.2, 0.25) is 0 Å². The van der Waals surface area contributed by atoms with Gasteiger partial charge in [-0.15, -0.1) is 0 Å². The molecule has 3 rings (SSSR count). The molecular formula is C18H23NO. The third-order valence-corrected chi connectivity index (χ3v) is 4.54. The van der Waals surface area contributed by atoms with Crippen molar-refractivity contribution in [1.29, 1.82) is 0 Å². The van der Waals surface area contributed by atoms with Crippen LogP contribution in [0.2, 0.25) is 0 Å².